The number of rotatable bonds is 2. The van der Waals surface area contributed by atoms with Crippen LogP contribution in [0.2, 0.25) is 0 Å². The molecule has 0 saturated carbocycles. The first kappa shape index (κ1) is 7.41. The largest absolute Gasteiger partial charge is 0.0945 e. The molecule has 0 fully saturated rings. The van der Waals surface area contributed by atoms with Crippen molar-refractivity contribution in [1.29, 1.82) is 0 Å². The number of hydrogen-bond donors (Lipinski definition) is 0. The second-order valence-corrected chi connectivity index (χ2v) is 2.90. The van der Waals surface area contributed by atoms with E-state index in [2.05, 4.69) is 31.8 Å². The van der Waals surface area contributed by atoms with Crippen molar-refractivity contribution in [3.8, 4) is 11.8 Å². The molecule has 0 bridgehead atoms. The van der Waals surface area contributed by atoms with Crippen LogP contribution < -0.4 is 0 Å². The van der Waals surface area contributed by atoms with Gasteiger partial charge in [-0.3, -0.25) is 0 Å². The van der Waals surface area contributed by atoms with E-state index in [0.29, 0.717) is 11.8 Å². The third-order valence-corrected chi connectivity index (χ3v) is 1.99. The maximum atomic E-state index is 3.23. The van der Waals surface area contributed by atoms with Gasteiger partial charge in [-0.25, -0.2) is 0 Å². The summed E-state index contributed by atoms with van der Waals surface area (Å²) in [5, 5.41) is 0. The lowest BCUT2D eigenvalue weighted by molar-refractivity contribution is 0.484. The van der Waals surface area contributed by atoms with Gasteiger partial charge in [0.2, 0.25) is 0 Å². The van der Waals surface area contributed by atoms with E-state index in [4.69, 9.17) is 0 Å². The molecule has 1 aliphatic rings. The first-order valence-corrected chi connectivity index (χ1v) is 4.02. The van der Waals surface area contributed by atoms with Gasteiger partial charge in [-0.15, -0.1) is 0 Å². The summed E-state index contributed by atoms with van der Waals surface area (Å²) in [4.78, 5) is 0. The smallest absolute Gasteiger partial charge is 0.0266 e. The third-order valence-electron chi connectivity index (χ3n) is 1.99. The molecule has 0 aromatic rings. The van der Waals surface area contributed by atoms with Crippen LogP contribution in [0.3, 0.4) is 0 Å². The van der Waals surface area contributed by atoms with E-state index in [1.54, 1.807) is 0 Å². The molecule has 10 heavy (non-hydrogen) atoms. The number of hydrogen-bond acceptors (Lipinski definition) is 0. The van der Waals surface area contributed by atoms with Crippen molar-refractivity contribution in [2.45, 2.75) is 26.7 Å². The van der Waals surface area contributed by atoms with Crippen molar-refractivity contribution in [2.24, 2.45) is 11.8 Å². The minimum Gasteiger partial charge on any atom is -0.0945 e. The van der Waals surface area contributed by atoms with E-state index in [0.717, 1.165) is 0 Å². The Kier molecular flexibility index (Phi) is 2.57. The van der Waals surface area contributed by atoms with Crippen molar-refractivity contribution in [3.63, 3.8) is 0 Å². The van der Waals surface area contributed by atoms with Gasteiger partial charge in [0.05, 0.1) is 0 Å². The maximum absolute atomic E-state index is 3.23. The molecule has 0 aromatic heterocycles. The highest BCUT2D eigenvalue weighted by Crippen LogP contribution is 2.19. The summed E-state index contributed by atoms with van der Waals surface area (Å²) >= 11 is 0. The highest BCUT2D eigenvalue weighted by molar-refractivity contribution is 5.23. The summed E-state index contributed by atoms with van der Waals surface area (Å²) in [6.45, 7) is 4.46. The SMILES string of the molecule is CCCC1C#CC=CC1C. The molecule has 0 aromatic carbocycles. The Labute approximate surface area is 63.3 Å². The van der Waals surface area contributed by atoms with Crippen LogP contribution >= 0.6 is 0 Å². The Morgan fingerprint density at radius 3 is 2.90 bits per heavy atom. The van der Waals surface area contributed by atoms with E-state index in [-0.39, 0.29) is 0 Å². The molecular weight excluding hydrogens is 120 g/mol. The van der Waals surface area contributed by atoms with Crippen LogP contribution in [0.1, 0.15) is 26.7 Å². The van der Waals surface area contributed by atoms with Gasteiger partial charge in [0.15, 0.2) is 0 Å². The highest BCUT2D eigenvalue weighted by atomic mass is 14.1. The molecule has 54 valence electrons. The van der Waals surface area contributed by atoms with Gasteiger partial charge >= 0.3 is 0 Å². The van der Waals surface area contributed by atoms with Gasteiger partial charge in [-0.05, 0) is 18.4 Å². The zero-order chi connectivity index (χ0) is 7.40. The predicted molar refractivity (Wildman–Crippen MR) is 44.5 cm³/mol. The Morgan fingerprint density at radius 2 is 2.30 bits per heavy atom. The molecule has 0 saturated heterocycles. The Morgan fingerprint density at radius 1 is 1.50 bits per heavy atom. The van der Waals surface area contributed by atoms with Gasteiger partial charge in [0, 0.05) is 5.92 Å². The van der Waals surface area contributed by atoms with Crippen LogP contribution in [0.5, 0.6) is 0 Å². The molecule has 0 aliphatic heterocycles. The van der Waals surface area contributed by atoms with E-state index in [9.17, 15) is 0 Å². The topological polar surface area (TPSA) is 0 Å². The lowest BCUT2D eigenvalue weighted by Gasteiger charge is -2.15. The van der Waals surface area contributed by atoms with E-state index in [1.807, 2.05) is 6.08 Å². The highest BCUT2D eigenvalue weighted by Gasteiger charge is 2.11. The van der Waals surface area contributed by atoms with Crippen LogP contribution in [0.4, 0.5) is 0 Å². The molecule has 2 atom stereocenters. The fraction of sp³-hybridized carbons (Fsp3) is 0.600. The summed E-state index contributed by atoms with van der Waals surface area (Å²) < 4.78 is 0. The molecule has 0 radical (unpaired) electrons. The Hall–Kier alpha value is -0.700. The Balaban J connectivity index is 2.49. The fourth-order valence-electron chi connectivity index (χ4n) is 1.27. The average molecular weight is 134 g/mol. The van der Waals surface area contributed by atoms with Crippen LogP contribution in [0.15, 0.2) is 12.2 Å². The molecule has 0 heteroatoms. The lowest BCUT2D eigenvalue weighted by atomic mass is 9.88. The first-order valence-electron chi connectivity index (χ1n) is 4.02. The molecule has 0 nitrogen and oxygen atoms in total. The zero-order valence-electron chi connectivity index (χ0n) is 6.72. The van der Waals surface area contributed by atoms with Crippen molar-refractivity contribution in [2.75, 3.05) is 0 Å². The number of allylic oxidation sites excluding steroid dienone is 2. The quantitative estimate of drug-likeness (QED) is 0.509. The van der Waals surface area contributed by atoms with E-state index >= 15 is 0 Å². The average Bonchev–Trinajstić information content (AvgIpc) is 1.94. The Bertz CT molecular complexity index is 178. The van der Waals surface area contributed by atoms with Crippen molar-refractivity contribution in [3.05, 3.63) is 12.2 Å². The molecule has 1 aliphatic carbocycles. The standard InChI is InChI=1S/C10H14/c1-3-6-10-8-5-4-7-9(10)2/h4,7,9-10H,3,6H2,1-2H3. The molecular formula is C10H14. The van der Waals surface area contributed by atoms with Crippen LogP contribution in [0.25, 0.3) is 0 Å². The molecule has 2 unspecified atom stereocenters. The van der Waals surface area contributed by atoms with Crippen molar-refractivity contribution < 1.29 is 0 Å². The van der Waals surface area contributed by atoms with Crippen LogP contribution in [-0.2, 0) is 0 Å². The lowest BCUT2D eigenvalue weighted by Crippen LogP contribution is -2.08. The van der Waals surface area contributed by atoms with Crippen LogP contribution in [0, 0.1) is 23.7 Å². The summed E-state index contributed by atoms with van der Waals surface area (Å²) in [5.41, 5.74) is 0. The van der Waals surface area contributed by atoms with Gasteiger partial charge in [0.25, 0.3) is 0 Å². The summed E-state index contributed by atoms with van der Waals surface area (Å²) in [7, 11) is 0. The predicted octanol–water partition coefficient (Wildman–Crippen LogP) is 2.61. The first-order chi connectivity index (χ1) is 4.84. The van der Waals surface area contributed by atoms with E-state index in [1.165, 1.54) is 12.8 Å². The van der Waals surface area contributed by atoms with E-state index < -0.39 is 0 Å². The minimum absolute atomic E-state index is 0.620. The summed E-state index contributed by atoms with van der Waals surface area (Å²) in [6, 6.07) is 0. The fourth-order valence-corrected chi connectivity index (χ4v) is 1.27. The minimum atomic E-state index is 0.620. The van der Waals surface area contributed by atoms with Gasteiger partial charge in [-0.1, -0.05) is 38.2 Å². The summed E-state index contributed by atoms with van der Waals surface area (Å²) in [5.74, 6) is 7.54. The van der Waals surface area contributed by atoms with Gasteiger partial charge < -0.3 is 0 Å². The van der Waals surface area contributed by atoms with Crippen molar-refractivity contribution >= 4 is 0 Å². The molecule has 0 spiro atoms. The summed E-state index contributed by atoms with van der Waals surface area (Å²) in [6.07, 6.45) is 6.67. The normalized spacial score (nSPS) is 29.4. The zero-order valence-corrected chi connectivity index (χ0v) is 6.72. The second kappa shape index (κ2) is 3.46. The van der Waals surface area contributed by atoms with Crippen LogP contribution in [-0.4, -0.2) is 0 Å². The monoisotopic (exact) mass is 134 g/mol. The van der Waals surface area contributed by atoms with Crippen molar-refractivity contribution in [1.82, 2.24) is 0 Å². The molecule has 0 amide bonds. The molecule has 0 heterocycles. The maximum Gasteiger partial charge on any atom is 0.0266 e. The van der Waals surface area contributed by atoms with Gasteiger partial charge in [0.1, 0.15) is 0 Å². The molecule has 0 N–H and O–H groups in total. The van der Waals surface area contributed by atoms with Gasteiger partial charge in [-0.2, -0.15) is 0 Å². The second-order valence-electron chi connectivity index (χ2n) is 2.90. The third kappa shape index (κ3) is 1.64. The molecule has 1 rings (SSSR count).